The molecule has 0 atom stereocenters. The third-order valence-corrected chi connectivity index (χ3v) is 2.40. The summed E-state index contributed by atoms with van der Waals surface area (Å²) >= 11 is 0. The largest absolute Gasteiger partial charge is 0.497 e. The van der Waals surface area contributed by atoms with Crippen molar-refractivity contribution >= 4 is 23.2 Å². The van der Waals surface area contributed by atoms with E-state index >= 15 is 0 Å². The molecule has 7 heteroatoms. The molecule has 0 spiro atoms. The number of hydrogen-bond acceptors (Lipinski definition) is 5. The highest BCUT2D eigenvalue weighted by Gasteiger charge is 2.05. The lowest BCUT2D eigenvalue weighted by Crippen LogP contribution is -2.20. The maximum atomic E-state index is 11.8. The molecule has 1 aromatic rings. The number of methoxy groups -OCH3 is 1. The molecule has 2 N–H and O–H groups in total. The Hall–Kier alpha value is -2.88. The molecule has 1 rings (SSSR count). The van der Waals surface area contributed by atoms with E-state index in [0.717, 1.165) is 0 Å². The van der Waals surface area contributed by atoms with Crippen LogP contribution in [0.2, 0.25) is 0 Å². The van der Waals surface area contributed by atoms with Gasteiger partial charge in [0.05, 0.1) is 19.6 Å². The highest BCUT2D eigenvalue weighted by Crippen LogP contribution is 2.15. The third kappa shape index (κ3) is 6.20. The van der Waals surface area contributed by atoms with Crippen LogP contribution in [-0.2, 0) is 9.59 Å². The van der Waals surface area contributed by atoms with Crippen LogP contribution in [0.4, 0.5) is 5.69 Å². The first-order valence-corrected chi connectivity index (χ1v) is 6.18. The van der Waals surface area contributed by atoms with Crippen LogP contribution in [0.5, 0.6) is 5.75 Å². The predicted octanol–water partition coefficient (Wildman–Crippen LogP) is 1.43. The zero-order chi connectivity index (χ0) is 15.7. The summed E-state index contributed by atoms with van der Waals surface area (Å²) in [7, 11) is 1.56. The van der Waals surface area contributed by atoms with Gasteiger partial charge in [-0.15, -0.1) is 0 Å². The lowest BCUT2D eigenvalue weighted by atomic mass is 10.2. The number of carbonyl (C=O) groups is 2. The van der Waals surface area contributed by atoms with Crippen molar-refractivity contribution in [1.82, 2.24) is 5.43 Å². The van der Waals surface area contributed by atoms with Gasteiger partial charge >= 0.3 is 0 Å². The number of nitrogens with one attached hydrogen (secondary N) is 2. The van der Waals surface area contributed by atoms with Gasteiger partial charge in [0, 0.05) is 11.4 Å². The Morgan fingerprint density at radius 2 is 1.95 bits per heavy atom. The van der Waals surface area contributed by atoms with Crippen molar-refractivity contribution in [2.75, 3.05) is 12.4 Å². The second kappa shape index (κ2) is 8.32. The molecule has 0 unspecified atom stereocenters. The van der Waals surface area contributed by atoms with Gasteiger partial charge in [-0.3, -0.25) is 9.59 Å². The SMILES string of the molecule is COc1ccc(NC(=O)C/C(C)=N/NC(=O)CC#N)cc1. The Morgan fingerprint density at radius 3 is 2.52 bits per heavy atom. The minimum absolute atomic E-state index is 0.0405. The maximum Gasteiger partial charge on any atom is 0.254 e. The summed E-state index contributed by atoms with van der Waals surface area (Å²) in [6.07, 6.45) is -0.228. The van der Waals surface area contributed by atoms with Gasteiger partial charge in [0.2, 0.25) is 5.91 Å². The average Bonchev–Trinajstić information content (AvgIpc) is 2.46. The molecule has 0 bridgehead atoms. The number of ether oxygens (including phenoxy) is 1. The van der Waals surface area contributed by atoms with E-state index in [1.165, 1.54) is 0 Å². The number of rotatable bonds is 6. The zero-order valence-electron chi connectivity index (χ0n) is 11.8. The van der Waals surface area contributed by atoms with E-state index in [1.807, 2.05) is 0 Å². The second-order valence-corrected chi connectivity index (χ2v) is 4.17. The molecule has 1 aromatic carbocycles. The molecule has 0 aliphatic rings. The first-order chi connectivity index (χ1) is 10.0. The summed E-state index contributed by atoms with van der Waals surface area (Å²) < 4.78 is 5.02. The van der Waals surface area contributed by atoms with E-state index in [-0.39, 0.29) is 18.7 Å². The molecule has 2 amide bonds. The number of hydrogen-bond donors (Lipinski definition) is 2. The van der Waals surface area contributed by atoms with Crippen LogP contribution in [0.1, 0.15) is 19.8 Å². The monoisotopic (exact) mass is 288 g/mol. The lowest BCUT2D eigenvalue weighted by Gasteiger charge is -2.06. The van der Waals surface area contributed by atoms with Gasteiger partial charge in [-0.25, -0.2) is 5.43 Å². The summed E-state index contributed by atoms with van der Waals surface area (Å²) in [4.78, 5) is 22.8. The topological polar surface area (TPSA) is 104 Å². The summed E-state index contributed by atoms with van der Waals surface area (Å²) in [5, 5.41) is 14.7. The fraction of sp³-hybridized carbons (Fsp3) is 0.286. The zero-order valence-corrected chi connectivity index (χ0v) is 11.8. The van der Waals surface area contributed by atoms with E-state index < -0.39 is 5.91 Å². The fourth-order valence-corrected chi connectivity index (χ4v) is 1.42. The summed E-state index contributed by atoms with van der Waals surface area (Å²) in [5.41, 5.74) is 3.28. The van der Waals surface area contributed by atoms with Crippen molar-refractivity contribution < 1.29 is 14.3 Å². The molecule has 110 valence electrons. The summed E-state index contributed by atoms with van der Waals surface area (Å²) in [6.45, 7) is 1.61. The molecule has 7 nitrogen and oxygen atoms in total. The van der Waals surface area contributed by atoms with Crippen LogP contribution in [0.3, 0.4) is 0 Å². The summed E-state index contributed by atoms with van der Waals surface area (Å²) in [6, 6.07) is 8.61. The van der Waals surface area contributed by atoms with Crippen LogP contribution in [0, 0.1) is 11.3 Å². The normalized spacial score (nSPS) is 10.4. The van der Waals surface area contributed by atoms with Gasteiger partial charge in [0.1, 0.15) is 12.2 Å². The van der Waals surface area contributed by atoms with Crippen LogP contribution in [-0.4, -0.2) is 24.6 Å². The summed E-state index contributed by atoms with van der Waals surface area (Å²) in [5.74, 6) is -0.0608. The van der Waals surface area contributed by atoms with Crippen molar-refractivity contribution in [2.24, 2.45) is 5.10 Å². The van der Waals surface area contributed by atoms with Crippen LogP contribution < -0.4 is 15.5 Å². The maximum absolute atomic E-state index is 11.8. The van der Waals surface area contributed by atoms with Gasteiger partial charge in [0.25, 0.3) is 5.91 Å². The van der Waals surface area contributed by atoms with Crippen molar-refractivity contribution in [3.8, 4) is 11.8 Å². The fourth-order valence-electron chi connectivity index (χ4n) is 1.42. The van der Waals surface area contributed by atoms with Crippen molar-refractivity contribution in [3.63, 3.8) is 0 Å². The number of nitriles is 1. The number of anilines is 1. The number of carbonyl (C=O) groups excluding carboxylic acids is 2. The molecule has 0 aliphatic carbocycles. The Morgan fingerprint density at radius 1 is 1.29 bits per heavy atom. The quantitative estimate of drug-likeness (QED) is 0.610. The van der Waals surface area contributed by atoms with Crippen LogP contribution in [0.25, 0.3) is 0 Å². The molecule has 0 heterocycles. The van der Waals surface area contributed by atoms with E-state index in [9.17, 15) is 9.59 Å². The average molecular weight is 288 g/mol. The highest BCUT2D eigenvalue weighted by molar-refractivity contribution is 6.05. The molecule has 0 aromatic heterocycles. The molecule has 0 fully saturated rings. The number of benzene rings is 1. The highest BCUT2D eigenvalue weighted by atomic mass is 16.5. The second-order valence-electron chi connectivity index (χ2n) is 4.17. The van der Waals surface area contributed by atoms with Gasteiger partial charge in [-0.2, -0.15) is 10.4 Å². The van der Waals surface area contributed by atoms with Gasteiger partial charge < -0.3 is 10.1 Å². The predicted molar refractivity (Wildman–Crippen MR) is 77.7 cm³/mol. The number of nitrogens with zero attached hydrogens (tertiary/aromatic N) is 2. The molecule has 21 heavy (non-hydrogen) atoms. The van der Waals surface area contributed by atoms with Gasteiger partial charge in [-0.05, 0) is 31.2 Å². The molecular weight excluding hydrogens is 272 g/mol. The smallest absolute Gasteiger partial charge is 0.254 e. The Balaban J connectivity index is 2.47. The van der Waals surface area contributed by atoms with E-state index in [0.29, 0.717) is 17.1 Å². The minimum Gasteiger partial charge on any atom is -0.497 e. The first kappa shape index (κ1) is 16.2. The van der Waals surface area contributed by atoms with Crippen molar-refractivity contribution in [2.45, 2.75) is 19.8 Å². The van der Waals surface area contributed by atoms with E-state index in [4.69, 9.17) is 10.00 Å². The molecule has 0 radical (unpaired) electrons. The Labute approximate surface area is 122 Å². The van der Waals surface area contributed by atoms with Crippen LogP contribution >= 0.6 is 0 Å². The first-order valence-electron chi connectivity index (χ1n) is 6.18. The number of amides is 2. The van der Waals surface area contributed by atoms with Gasteiger partial charge in [0.15, 0.2) is 0 Å². The Kier molecular flexibility index (Phi) is 6.41. The van der Waals surface area contributed by atoms with E-state index in [2.05, 4.69) is 15.8 Å². The van der Waals surface area contributed by atoms with Crippen LogP contribution in [0.15, 0.2) is 29.4 Å². The minimum atomic E-state index is -0.507. The molecule has 0 aliphatic heterocycles. The van der Waals surface area contributed by atoms with Crippen molar-refractivity contribution in [1.29, 1.82) is 5.26 Å². The van der Waals surface area contributed by atoms with E-state index in [1.54, 1.807) is 44.4 Å². The standard InChI is InChI=1S/C14H16N4O3/c1-10(17-18-13(19)7-8-15)9-14(20)16-11-3-5-12(21-2)6-4-11/h3-6H,7,9H2,1-2H3,(H,16,20)(H,18,19)/b17-10+. The Bertz CT molecular complexity index is 573. The molecule has 0 saturated heterocycles. The third-order valence-electron chi connectivity index (χ3n) is 2.40. The lowest BCUT2D eigenvalue weighted by molar-refractivity contribution is -0.120. The molecule has 0 saturated carbocycles. The van der Waals surface area contributed by atoms with Crippen molar-refractivity contribution in [3.05, 3.63) is 24.3 Å². The number of hydrazone groups is 1. The molecular formula is C14H16N4O3. The van der Waals surface area contributed by atoms with Gasteiger partial charge in [-0.1, -0.05) is 0 Å².